The number of esters is 1. The summed E-state index contributed by atoms with van der Waals surface area (Å²) < 4.78 is 99.9. The molecule has 5 aromatic rings. The second kappa shape index (κ2) is 19.9. The van der Waals surface area contributed by atoms with Crippen LogP contribution >= 0.6 is 0 Å². The Hall–Kier alpha value is -5.98. The van der Waals surface area contributed by atoms with Crippen LogP contribution in [-0.2, 0) is 23.5 Å². The van der Waals surface area contributed by atoms with Gasteiger partial charge < -0.3 is 24.6 Å². The number of rotatable bonds is 18. The summed E-state index contributed by atoms with van der Waals surface area (Å²) in [7, 11) is 1.15. The predicted octanol–water partition coefficient (Wildman–Crippen LogP) is 11.3. The van der Waals surface area contributed by atoms with Crippen molar-refractivity contribution >= 4 is 11.9 Å². The molecule has 7 nitrogen and oxygen atoms in total. The molecular formula is C45H43F6NO6. The van der Waals surface area contributed by atoms with Gasteiger partial charge in [0.1, 0.15) is 36.0 Å². The zero-order chi connectivity index (χ0) is 41.7. The molecule has 0 saturated carbocycles. The van der Waals surface area contributed by atoms with Gasteiger partial charge in [0.2, 0.25) is 0 Å². The Balaban J connectivity index is 1.39. The highest BCUT2D eigenvalue weighted by Gasteiger charge is 2.32. The summed E-state index contributed by atoms with van der Waals surface area (Å²) in [4.78, 5) is 25.5. The molecule has 58 heavy (non-hydrogen) atoms. The molecule has 5 aromatic carbocycles. The molecule has 0 aliphatic rings. The van der Waals surface area contributed by atoms with E-state index in [-0.39, 0.29) is 58.1 Å². The lowest BCUT2D eigenvalue weighted by atomic mass is 9.92. The van der Waals surface area contributed by atoms with Gasteiger partial charge in [0.05, 0.1) is 18.2 Å². The van der Waals surface area contributed by atoms with Crippen molar-refractivity contribution in [2.75, 3.05) is 26.9 Å². The maximum Gasteiger partial charge on any atom is 0.416 e. The number of hydrogen-bond acceptors (Lipinski definition) is 6. The van der Waals surface area contributed by atoms with E-state index in [1.165, 1.54) is 60.2 Å². The van der Waals surface area contributed by atoms with E-state index >= 15 is 0 Å². The van der Waals surface area contributed by atoms with Crippen LogP contribution < -0.4 is 14.8 Å². The van der Waals surface area contributed by atoms with Crippen molar-refractivity contribution in [3.8, 4) is 39.5 Å². The highest BCUT2D eigenvalue weighted by atomic mass is 19.4. The molecule has 2 N–H and O–H groups in total. The third-order valence-electron chi connectivity index (χ3n) is 9.35. The van der Waals surface area contributed by atoms with E-state index in [9.17, 15) is 41.0 Å². The van der Waals surface area contributed by atoms with Gasteiger partial charge in [-0.1, -0.05) is 80.3 Å². The minimum Gasteiger partial charge on any atom is -0.507 e. The van der Waals surface area contributed by atoms with Crippen molar-refractivity contribution < 1.29 is 55.2 Å². The van der Waals surface area contributed by atoms with Crippen LogP contribution in [0.5, 0.6) is 17.2 Å². The summed E-state index contributed by atoms with van der Waals surface area (Å²) in [5.41, 5.74) is -0.691. The normalized spacial score (nSPS) is 11.6. The molecule has 0 atom stereocenters. The number of hydrogen-bond donors (Lipinski definition) is 2. The Labute approximate surface area is 332 Å². The lowest BCUT2D eigenvalue weighted by Gasteiger charge is -2.20. The van der Waals surface area contributed by atoms with E-state index in [1.54, 1.807) is 0 Å². The van der Waals surface area contributed by atoms with Crippen molar-refractivity contribution in [1.82, 2.24) is 5.32 Å². The SMILES string of the molecule is COC(=O)c1ccc(OCCOc2c(-c3cccc(C(F)(F)F)c3)cc(C(=O)NCCCCCCCCc3ccccc3)cc2-c2cccc(C(F)(F)F)c2)cc1O. The third-order valence-corrected chi connectivity index (χ3v) is 9.35. The number of phenols is 1. The lowest BCUT2D eigenvalue weighted by molar-refractivity contribution is -0.138. The van der Waals surface area contributed by atoms with E-state index in [2.05, 4.69) is 22.2 Å². The summed E-state index contributed by atoms with van der Waals surface area (Å²) in [5.74, 6) is -1.69. The summed E-state index contributed by atoms with van der Waals surface area (Å²) >= 11 is 0. The molecule has 0 radical (unpaired) electrons. The first-order chi connectivity index (χ1) is 27.7. The van der Waals surface area contributed by atoms with Crippen LogP contribution in [0.3, 0.4) is 0 Å². The van der Waals surface area contributed by atoms with Crippen LogP contribution in [0.25, 0.3) is 22.3 Å². The topological polar surface area (TPSA) is 94.1 Å². The molecule has 0 aromatic heterocycles. The van der Waals surface area contributed by atoms with E-state index in [4.69, 9.17) is 9.47 Å². The van der Waals surface area contributed by atoms with E-state index in [0.717, 1.165) is 69.9 Å². The Morgan fingerprint density at radius 2 is 1.21 bits per heavy atom. The number of nitrogens with one attached hydrogen (secondary N) is 1. The van der Waals surface area contributed by atoms with Crippen LogP contribution in [0.2, 0.25) is 0 Å². The van der Waals surface area contributed by atoms with Gasteiger partial charge in [0.15, 0.2) is 0 Å². The van der Waals surface area contributed by atoms with Crippen molar-refractivity contribution in [2.24, 2.45) is 0 Å². The van der Waals surface area contributed by atoms with Gasteiger partial charge in [0, 0.05) is 29.3 Å². The molecule has 0 saturated heterocycles. The number of carbonyl (C=O) groups excluding carboxylic acids is 2. The molecule has 1 amide bonds. The molecule has 5 rings (SSSR count). The van der Waals surface area contributed by atoms with E-state index in [0.29, 0.717) is 13.0 Å². The number of aromatic hydroxyl groups is 1. The molecule has 306 valence electrons. The van der Waals surface area contributed by atoms with Gasteiger partial charge in [-0.3, -0.25) is 4.79 Å². The minimum atomic E-state index is -4.72. The summed E-state index contributed by atoms with van der Waals surface area (Å²) in [6, 6.07) is 25.5. The van der Waals surface area contributed by atoms with Gasteiger partial charge in [0.25, 0.3) is 5.91 Å². The van der Waals surface area contributed by atoms with Crippen LogP contribution in [0, 0.1) is 0 Å². The average Bonchev–Trinajstić information content (AvgIpc) is 3.21. The maximum absolute atomic E-state index is 13.9. The molecular weight excluding hydrogens is 764 g/mol. The highest BCUT2D eigenvalue weighted by Crippen LogP contribution is 2.43. The quantitative estimate of drug-likeness (QED) is 0.0520. The molecule has 0 unspecified atom stereocenters. The van der Waals surface area contributed by atoms with E-state index in [1.807, 2.05) is 18.2 Å². The maximum atomic E-state index is 13.9. The van der Waals surface area contributed by atoms with Gasteiger partial charge >= 0.3 is 18.3 Å². The smallest absolute Gasteiger partial charge is 0.416 e. The fourth-order valence-corrected chi connectivity index (χ4v) is 6.37. The molecule has 0 heterocycles. The number of unbranched alkanes of at least 4 members (excludes halogenated alkanes) is 5. The number of alkyl halides is 6. The first-order valence-electron chi connectivity index (χ1n) is 18.8. The van der Waals surface area contributed by atoms with Crippen LogP contribution in [0.15, 0.2) is 109 Å². The summed E-state index contributed by atoms with van der Waals surface area (Å²) in [6.07, 6.45) is -2.73. The van der Waals surface area contributed by atoms with Crippen molar-refractivity contribution in [3.05, 3.63) is 137 Å². The highest BCUT2D eigenvalue weighted by molar-refractivity contribution is 5.99. The molecule has 0 fully saturated rings. The fourth-order valence-electron chi connectivity index (χ4n) is 6.37. The van der Waals surface area contributed by atoms with Crippen LogP contribution in [-0.4, -0.2) is 43.9 Å². The number of halogens is 6. The third kappa shape index (κ3) is 12.0. The Bertz CT molecular complexity index is 2070. The molecule has 0 spiro atoms. The number of benzene rings is 5. The zero-order valence-electron chi connectivity index (χ0n) is 31.7. The van der Waals surface area contributed by atoms with Crippen LogP contribution in [0.4, 0.5) is 26.3 Å². The molecule has 0 bridgehead atoms. The fraction of sp³-hybridized carbons (Fsp3) is 0.289. The average molecular weight is 808 g/mol. The monoisotopic (exact) mass is 807 g/mol. The van der Waals surface area contributed by atoms with Gasteiger partial charge in [-0.05, 0) is 84.5 Å². The first-order valence-corrected chi connectivity index (χ1v) is 18.8. The first kappa shape index (κ1) is 43.1. The van der Waals surface area contributed by atoms with Crippen molar-refractivity contribution in [1.29, 1.82) is 0 Å². The number of amides is 1. The molecule has 13 heteroatoms. The van der Waals surface area contributed by atoms with Crippen molar-refractivity contribution in [3.63, 3.8) is 0 Å². The second-order valence-electron chi connectivity index (χ2n) is 13.5. The van der Waals surface area contributed by atoms with E-state index < -0.39 is 41.1 Å². The van der Waals surface area contributed by atoms with Gasteiger partial charge in [-0.25, -0.2) is 4.79 Å². The Morgan fingerprint density at radius 1 is 0.638 bits per heavy atom. The Morgan fingerprint density at radius 3 is 1.78 bits per heavy atom. The standard InChI is InChI=1S/C45H43F6NO6/c1-56-43(55)37-21-20-36(29-40(37)53)57-23-24-58-41-38(31-16-11-18-34(25-31)44(46,47)48)27-33(28-39(41)32-17-12-19-35(26-32)45(49,50)51)42(54)52-22-10-5-3-2-4-7-13-30-14-8-6-9-15-30/h6,8-9,11-12,14-21,25-29,53H,2-5,7,10,13,22-24H2,1H3,(H,52,54). The zero-order valence-corrected chi connectivity index (χ0v) is 31.7. The Kier molecular flexibility index (Phi) is 14.8. The van der Waals surface area contributed by atoms with Crippen molar-refractivity contribution in [2.45, 2.75) is 57.3 Å². The minimum absolute atomic E-state index is 0.00389. The molecule has 0 aliphatic carbocycles. The summed E-state index contributed by atoms with van der Waals surface area (Å²) in [6.45, 7) is -0.155. The second-order valence-corrected chi connectivity index (χ2v) is 13.5. The number of ether oxygens (including phenoxy) is 3. The number of methoxy groups -OCH3 is 1. The van der Waals surface area contributed by atoms with Gasteiger partial charge in [-0.15, -0.1) is 0 Å². The summed E-state index contributed by atoms with van der Waals surface area (Å²) in [5, 5.41) is 13.1. The van der Waals surface area contributed by atoms with Gasteiger partial charge in [-0.2, -0.15) is 26.3 Å². The predicted molar refractivity (Wildman–Crippen MR) is 208 cm³/mol. The largest absolute Gasteiger partial charge is 0.507 e. The molecule has 0 aliphatic heterocycles. The van der Waals surface area contributed by atoms with Crippen LogP contribution in [0.1, 0.15) is 75.9 Å². The number of carbonyl (C=O) groups is 2. The number of phenolic OH excluding ortho intramolecular Hbond substituents is 1. The number of aryl methyl sites for hydroxylation is 1. The lowest BCUT2D eigenvalue weighted by Crippen LogP contribution is -2.24.